The summed E-state index contributed by atoms with van der Waals surface area (Å²) in [5.41, 5.74) is 6.84. The van der Waals surface area contributed by atoms with Gasteiger partial charge in [-0.2, -0.15) is 0 Å². The molecular weight excluding hydrogens is 386 g/mol. The van der Waals surface area contributed by atoms with Crippen LogP contribution in [-0.2, 0) is 11.2 Å². The molecule has 0 saturated carbocycles. The summed E-state index contributed by atoms with van der Waals surface area (Å²) in [4.78, 5) is 12.2. The monoisotopic (exact) mass is 411 g/mol. The van der Waals surface area contributed by atoms with Crippen molar-refractivity contribution in [2.24, 2.45) is 0 Å². The Morgan fingerprint density at radius 3 is 2.23 bits per heavy atom. The van der Waals surface area contributed by atoms with E-state index >= 15 is 0 Å². The number of hydrogen-bond acceptors (Lipinski definition) is 3. The smallest absolute Gasteiger partial charge is 0.407 e. The van der Waals surface area contributed by atoms with Crippen molar-refractivity contribution in [2.45, 2.75) is 18.8 Å². The van der Waals surface area contributed by atoms with Gasteiger partial charge >= 0.3 is 6.09 Å². The van der Waals surface area contributed by atoms with Crippen LogP contribution in [0.2, 0.25) is 0 Å². The van der Waals surface area contributed by atoms with Gasteiger partial charge in [-0.1, -0.05) is 72.5 Å². The minimum Gasteiger partial charge on any atom is -0.449 e. The highest BCUT2D eigenvalue weighted by Gasteiger charge is 2.28. The molecule has 0 saturated heterocycles. The topological polar surface area (TPSA) is 58.6 Å². The van der Waals surface area contributed by atoms with Gasteiger partial charge in [0.05, 0.1) is 0 Å². The van der Waals surface area contributed by atoms with Gasteiger partial charge in [0, 0.05) is 31.1 Å². The van der Waals surface area contributed by atoms with Crippen LogP contribution in [0.1, 0.15) is 34.6 Å². The number of carbonyl (C=O) groups is 1. The van der Waals surface area contributed by atoms with Crippen LogP contribution in [0, 0.1) is 11.8 Å². The molecule has 0 bridgehead atoms. The summed E-state index contributed by atoms with van der Waals surface area (Å²) in [5, 5.41) is 11.7. The van der Waals surface area contributed by atoms with Crippen molar-refractivity contribution in [1.29, 1.82) is 0 Å². The Labute approximate surface area is 182 Å². The maximum Gasteiger partial charge on any atom is 0.407 e. The number of aliphatic hydroxyl groups is 1. The first kappa shape index (κ1) is 20.7. The van der Waals surface area contributed by atoms with Crippen LogP contribution in [0.3, 0.4) is 0 Å². The third-order valence-electron chi connectivity index (χ3n) is 5.45. The molecule has 1 aliphatic rings. The standard InChI is InChI=1S/C27H25NO3/c29-18-16-21-14-12-20(13-15-21)7-5-6-17-28-27(30)31-19-26-24-10-3-1-8-22(24)23-9-2-4-11-25(23)26/h1-4,8-15,26,29H,6,16-19H2,(H,28,30). The molecule has 31 heavy (non-hydrogen) atoms. The van der Waals surface area contributed by atoms with Gasteiger partial charge in [0.2, 0.25) is 0 Å². The first-order chi connectivity index (χ1) is 15.3. The average Bonchev–Trinajstić information content (AvgIpc) is 3.12. The molecule has 3 aromatic rings. The van der Waals surface area contributed by atoms with Gasteiger partial charge in [-0.15, -0.1) is 0 Å². The third kappa shape index (κ3) is 4.96. The highest BCUT2D eigenvalue weighted by atomic mass is 16.5. The van der Waals surface area contributed by atoms with Gasteiger partial charge in [-0.3, -0.25) is 0 Å². The number of rotatable bonds is 6. The van der Waals surface area contributed by atoms with Gasteiger partial charge in [0.1, 0.15) is 6.61 Å². The molecule has 4 rings (SSSR count). The van der Waals surface area contributed by atoms with Gasteiger partial charge in [-0.25, -0.2) is 4.79 Å². The zero-order valence-corrected chi connectivity index (χ0v) is 17.3. The predicted molar refractivity (Wildman–Crippen MR) is 122 cm³/mol. The average molecular weight is 412 g/mol. The van der Waals surface area contributed by atoms with E-state index in [0.717, 1.165) is 11.1 Å². The molecule has 0 aliphatic heterocycles. The first-order valence-electron chi connectivity index (χ1n) is 10.5. The molecule has 1 amide bonds. The number of hydrogen-bond donors (Lipinski definition) is 2. The van der Waals surface area contributed by atoms with Gasteiger partial charge in [-0.05, 0) is 46.4 Å². The Morgan fingerprint density at radius 1 is 0.935 bits per heavy atom. The number of nitrogens with one attached hydrogen (secondary N) is 1. The SMILES string of the molecule is O=C(NCCC#Cc1ccc(CCO)cc1)OCC1c2ccccc2-c2ccccc21. The van der Waals surface area contributed by atoms with E-state index in [4.69, 9.17) is 9.84 Å². The van der Waals surface area contributed by atoms with E-state index in [1.165, 1.54) is 22.3 Å². The van der Waals surface area contributed by atoms with Crippen LogP contribution < -0.4 is 5.32 Å². The predicted octanol–water partition coefficient (Wildman–Crippen LogP) is 4.50. The lowest BCUT2D eigenvalue weighted by atomic mass is 9.98. The van der Waals surface area contributed by atoms with E-state index in [1.54, 1.807) is 0 Å². The summed E-state index contributed by atoms with van der Waals surface area (Å²) in [6.45, 7) is 0.893. The van der Waals surface area contributed by atoms with Crippen molar-refractivity contribution in [3.8, 4) is 23.0 Å². The number of amides is 1. The molecule has 3 aromatic carbocycles. The highest BCUT2D eigenvalue weighted by molar-refractivity contribution is 5.79. The summed E-state index contributed by atoms with van der Waals surface area (Å²) in [6, 6.07) is 24.4. The zero-order valence-electron chi connectivity index (χ0n) is 17.3. The Hall–Kier alpha value is -3.55. The maximum atomic E-state index is 12.2. The molecule has 4 nitrogen and oxygen atoms in total. The van der Waals surface area contributed by atoms with Crippen molar-refractivity contribution in [2.75, 3.05) is 19.8 Å². The summed E-state index contributed by atoms with van der Waals surface area (Å²) in [5.74, 6) is 6.21. The Bertz CT molecular complexity index is 1060. The molecule has 0 spiro atoms. The van der Waals surface area contributed by atoms with Crippen LogP contribution in [-0.4, -0.2) is 31.0 Å². The van der Waals surface area contributed by atoms with Crippen molar-refractivity contribution < 1.29 is 14.6 Å². The number of fused-ring (bicyclic) bond motifs is 3. The van der Waals surface area contributed by atoms with E-state index < -0.39 is 6.09 Å². The van der Waals surface area contributed by atoms with E-state index in [2.05, 4.69) is 41.4 Å². The van der Waals surface area contributed by atoms with Crippen LogP contribution in [0.15, 0.2) is 72.8 Å². The summed E-state index contributed by atoms with van der Waals surface area (Å²) < 4.78 is 5.52. The van der Waals surface area contributed by atoms with Crippen LogP contribution in [0.5, 0.6) is 0 Å². The van der Waals surface area contributed by atoms with E-state index in [1.807, 2.05) is 48.5 Å². The molecule has 0 fully saturated rings. The maximum absolute atomic E-state index is 12.2. The summed E-state index contributed by atoms with van der Waals surface area (Å²) in [7, 11) is 0. The molecule has 0 heterocycles. The third-order valence-corrected chi connectivity index (χ3v) is 5.45. The quantitative estimate of drug-likeness (QED) is 0.464. The fourth-order valence-electron chi connectivity index (χ4n) is 3.92. The lowest BCUT2D eigenvalue weighted by Gasteiger charge is -2.14. The second-order valence-electron chi connectivity index (χ2n) is 7.47. The molecule has 0 aromatic heterocycles. The molecular formula is C27H25NO3. The zero-order chi connectivity index (χ0) is 21.5. The lowest BCUT2D eigenvalue weighted by Crippen LogP contribution is -2.26. The lowest BCUT2D eigenvalue weighted by molar-refractivity contribution is 0.143. The molecule has 0 atom stereocenters. The van der Waals surface area contributed by atoms with E-state index in [-0.39, 0.29) is 12.5 Å². The number of benzene rings is 3. The summed E-state index contributed by atoms with van der Waals surface area (Å²) >= 11 is 0. The van der Waals surface area contributed by atoms with Crippen molar-refractivity contribution in [1.82, 2.24) is 5.32 Å². The van der Waals surface area contributed by atoms with E-state index in [0.29, 0.717) is 26.0 Å². The van der Waals surface area contributed by atoms with Crippen molar-refractivity contribution in [3.05, 3.63) is 95.1 Å². The molecule has 2 N–H and O–H groups in total. The highest BCUT2D eigenvalue weighted by Crippen LogP contribution is 2.44. The van der Waals surface area contributed by atoms with E-state index in [9.17, 15) is 4.79 Å². The Kier molecular flexibility index (Phi) is 6.66. The number of alkyl carbamates (subject to hydrolysis) is 1. The molecule has 4 heteroatoms. The largest absolute Gasteiger partial charge is 0.449 e. The summed E-state index contributed by atoms with van der Waals surface area (Å²) in [6.07, 6.45) is 0.775. The van der Waals surface area contributed by atoms with Gasteiger partial charge < -0.3 is 15.2 Å². The van der Waals surface area contributed by atoms with Crippen molar-refractivity contribution >= 4 is 6.09 Å². The van der Waals surface area contributed by atoms with Gasteiger partial charge in [0.25, 0.3) is 0 Å². The first-order valence-corrected chi connectivity index (χ1v) is 10.5. The van der Waals surface area contributed by atoms with Crippen molar-refractivity contribution in [3.63, 3.8) is 0 Å². The second-order valence-corrected chi connectivity index (χ2v) is 7.47. The van der Waals surface area contributed by atoms with Crippen LogP contribution >= 0.6 is 0 Å². The number of aliphatic hydroxyl groups excluding tert-OH is 1. The Morgan fingerprint density at radius 2 is 1.58 bits per heavy atom. The number of ether oxygens (including phenoxy) is 1. The molecule has 156 valence electrons. The molecule has 0 radical (unpaired) electrons. The van der Waals surface area contributed by atoms with Gasteiger partial charge in [0.15, 0.2) is 0 Å². The minimum absolute atomic E-state index is 0.0618. The van der Waals surface area contributed by atoms with Crippen LogP contribution in [0.25, 0.3) is 11.1 Å². The molecule has 1 aliphatic carbocycles. The Balaban J connectivity index is 1.25. The fourth-order valence-corrected chi connectivity index (χ4v) is 3.92. The minimum atomic E-state index is -0.419. The second kappa shape index (κ2) is 9.97. The number of carbonyl (C=O) groups excluding carboxylic acids is 1. The fraction of sp³-hybridized carbons (Fsp3) is 0.222. The molecule has 0 unspecified atom stereocenters. The van der Waals surface area contributed by atoms with Crippen LogP contribution in [0.4, 0.5) is 4.79 Å². The normalized spacial score (nSPS) is 11.8.